The second kappa shape index (κ2) is 3.87. The molecule has 0 unspecified atom stereocenters. The smallest absolute Gasteiger partial charge is 0.324 e. The van der Waals surface area contributed by atoms with Crippen molar-refractivity contribution in [2.24, 2.45) is 17.8 Å². The van der Waals surface area contributed by atoms with Crippen molar-refractivity contribution in [1.29, 1.82) is 0 Å². The van der Waals surface area contributed by atoms with Crippen molar-refractivity contribution in [3.8, 4) is 0 Å². The lowest BCUT2D eigenvalue weighted by atomic mass is 9.83. The summed E-state index contributed by atoms with van der Waals surface area (Å²) in [4.78, 5) is 23.1. The van der Waals surface area contributed by atoms with Gasteiger partial charge in [-0.15, -0.1) is 0 Å². The molecule has 1 saturated carbocycles. The second-order valence-corrected chi connectivity index (χ2v) is 5.51. The molecular weight excluding hydrogens is 276 g/mol. The van der Waals surface area contributed by atoms with Gasteiger partial charge in [-0.1, -0.05) is 28.1 Å². The van der Waals surface area contributed by atoms with Gasteiger partial charge in [0.1, 0.15) is 4.32 Å². The number of aliphatic carboxylic acids is 1. The first kappa shape index (κ1) is 11.6. The molecule has 1 N–H and O–H groups in total. The zero-order valence-corrected chi connectivity index (χ0v) is 10.4. The molecule has 0 heterocycles. The summed E-state index contributed by atoms with van der Waals surface area (Å²) in [7, 11) is 0. The van der Waals surface area contributed by atoms with E-state index in [4.69, 9.17) is 4.74 Å². The first-order chi connectivity index (χ1) is 7.51. The zero-order valence-electron chi connectivity index (χ0n) is 8.85. The monoisotopic (exact) mass is 288 g/mol. The summed E-state index contributed by atoms with van der Waals surface area (Å²) in [5.41, 5.74) is 0. The number of esters is 1. The van der Waals surface area contributed by atoms with E-state index in [1.165, 1.54) is 0 Å². The third-order valence-electron chi connectivity index (χ3n) is 3.39. The first-order valence-corrected chi connectivity index (χ1v) is 6.08. The van der Waals surface area contributed by atoms with Crippen LogP contribution in [0.2, 0.25) is 0 Å². The fraction of sp³-hybridized carbons (Fsp3) is 0.636. The average Bonchev–Trinajstić information content (AvgIpc) is 2.76. The third-order valence-corrected chi connectivity index (χ3v) is 4.80. The van der Waals surface area contributed by atoms with E-state index in [1.54, 1.807) is 6.92 Å². The Morgan fingerprint density at radius 3 is 2.81 bits per heavy atom. The molecule has 0 aromatic rings. The van der Waals surface area contributed by atoms with Gasteiger partial charge in [-0.05, 0) is 19.3 Å². The van der Waals surface area contributed by atoms with Crippen LogP contribution in [0.3, 0.4) is 0 Å². The first-order valence-electron chi connectivity index (χ1n) is 5.29. The molecular formula is C11H13BrO4. The zero-order chi connectivity index (χ0) is 11.9. The molecule has 0 radical (unpaired) electrons. The standard InChI is InChI=1S/C11H13BrO4/c1-2-16-10(15)11(12)7-4-3-6(5-7)8(11)9(13)14/h3-4,6-8H,2,5H2,1H3,(H,13,14)/t6-,7-,8+,11-/m0/s1. The van der Waals surface area contributed by atoms with Gasteiger partial charge < -0.3 is 9.84 Å². The number of carboxylic acid groups (broad SMARTS) is 1. The maximum atomic E-state index is 11.9. The van der Waals surface area contributed by atoms with Crippen LogP contribution < -0.4 is 0 Å². The minimum absolute atomic E-state index is 0.0636. The normalized spacial score (nSPS) is 40.0. The molecule has 5 heteroatoms. The Kier molecular flexibility index (Phi) is 2.82. The molecule has 0 amide bonds. The fourth-order valence-electron chi connectivity index (χ4n) is 2.71. The number of carboxylic acids is 1. The Balaban J connectivity index is 2.34. The van der Waals surface area contributed by atoms with Crippen LogP contribution in [0.5, 0.6) is 0 Å². The summed E-state index contributed by atoms with van der Waals surface area (Å²) in [5.74, 6) is -2.26. The Bertz CT molecular complexity index is 365. The van der Waals surface area contributed by atoms with Gasteiger partial charge in [-0.2, -0.15) is 0 Å². The minimum atomic E-state index is -1.08. The molecule has 0 spiro atoms. The molecule has 0 aromatic carbocycles. The SMILES string of the molecule is CCOC(=O)[C@]1(Br)[C@H]2C=C[C@@H](C2)[C@@H]1C(=O)O. The van der Waals surface area contributed by atoms with E-state index < -0.39 is 22.2 Å². The summed E-state index contributed by atoms with van der Waals surface area (Å²) in [6.07, 6.45) is 4.51. The van der Waals surface area contributed by atoms with E-state index in [-0.39, 0.29) is 18.4 Å². The summed E-state index contributed by atoms with van der Waals surface area (Å²) in [6, 6.07) is 0. The summed E-state index contributed by atoms with van der Waals surface area (Å²) in [6.45, 7) is 1.98. The van der Waals surface area contributed by atoms with Crippen LogP contribution in [0.25, 0.3) is 0 Å². The van der Waals surface area contributed by atoms with Crippen molar-refractivity contribution in [1.82, 2.24) is 0 Å². The van der Waals surface area contributed by atoms with Crippen molar-refractivity contribution in [3.05, 3.63) is 12.2 Å². The summed E-state index contributed by atoms with van der Waals surface area (Å²) < 4.78 is 3.90. The second-order valence-electron chi connectivity index (χ2n) is 4.20. The molecule has 2 rings (SSSR count). The van der Waals surface area contributed by atoms with E-state index in [1.807, 2.05) is 12.2 Å². The number of allylic oxidation sites excluding steroid dienone is 2. The van der Waals surface area contributed by atoms with E-state index >= 15 is 0 Å². The van der Waals surface area contributed by atoms with Crippen LogP contribution in [0, 0.1) is 17.8 Å². The highest BCUT2D eigenvalue weighted by atomic mass is 79.9. The molecule has 2 aliphatic rings. The number of carbonyl (C=O) groups excluding carboxylic acids is 1. The van der Waals surface area contributed by atoms with Gasteiger partial charge in [0.15, 0.2) is 0 Å². The predicted octanol–water partition coefficient (Wildman–Crippen LogP) is 1.59. The maximum absolute atomic E-state index is 11.9. The van der Waals surface area contributed by atoms with Gasteiger partial charge in [0, 0.05) is 5.92 Å². The lowest BCUT2D eigenvalue weighted by Gasteiger charge is -2.31. The topological polar surface area (TPSA) is 63.6 Å². The van der Waals surface area contributed by atoms with Crippen LogP contribution in [0.1, 0.15) is 13.3 Å². The number of alkyl halides is 1. The minimum Gasteiger partial charge on any atom is -0.481 e. The van der Waals surface area contributed by atoms with Crippen LogP contribution in [-0.4, -0.2) is 28.0 Å². The molecule has 0 aromatic heterocycles. The maximum Gasteiger partial charge on any atom is 0.324 e. The quantitative estimate of drug-likeness (QED) is 0.487. The molecule has 2 bridgehead atoms. The van der Waals surface area contributed by atoms with Gasteiger partial charge in [-0.3, -0.25) is 9.59 Å². The fourth-order valence-corrected chi connectivity index (χ4v) is 3.70. The number of hydrogen-bond donors (Lipinski definition) is 1. The number of halogens is 1. The van der Waals surface area contributed by atoms with Crippen LogP contribution in [0.15, 0.2) is 12.2 Å². The van der Waals surface area contributed by atoms with E-state index in [9.17, 15) is 14.7 Å². The highest BCUT2D eigenvalue weighted by Gasteiger charge is 2.63. The van der Waals surface area contributed by atoms with Crippen LogP contribution >= 0.6 is 15.9 Å². The molecule has 4 atom stereocenters. The van der Waals surface area contributed by atoms with Crippen molar-refractivity contribution < 1.29 is 19.4 Å². The Labute approximate surface area is 102 Å². The van der Waals surface area contributed by atoms with Crippen LogP contribution in [0.4, 0.5) is 0 Å². The molecule has 0 aliphatic heterocycles. The van der Waals surface area contributed by atoms with Gasteiger partial charge in [0.2, 0.25) is 0 Å². The molecule has 2 aliphatic carbocycles. The van der Waals surface area contributed by atoms with Crippen molar-refractivity contribution >= 4 is 27.9 Å². The average molecular weight is 289 g/mol. The molecule has 0 saturated heterocycles. The van der Waals surface area contributed by atoms with Crippen molar-refractivity contribution in [2.75, 3.05) is 6.61 Å². The number of rotatable bonds is 3. The number of fused-ring (bicyclic) bond motifs is 2. The van der Waals surface area contributed by atoms with Crippen molar-refractivity contribution in [3.63, 3.8) is 0 Å². The van der Waals surface area contributed by atoms with Crippen molar-refractivity contribution in [2.45, 2.75) is 17.7 Å². The third kappa shape index (κ3) is 1.41. The largest absolute Gasteiger partial charge is 0.481 e. The number of ether oxygens (including phenoxy) is 1. The Morgan fingerprint density at radius 1 is 1.56 bits per heavy atom. The summed E-state index contributed by atoms with van der Waals surface area (Å²) >= 11 is 3.33. The number of hydrogen-bond acceptors (Lipinski definition) is 3. The Hall–Kier alpha value is -0.840. The predicted molar refractivity (Wildman–Crippen MR) is 60.2 cm³/mol. The van der Waals surface area contributed by atoms with Gasteiger partial charge in [0.05, 0.1) is 12.5 Å². The molecule has 16 heavy (non-hydrogen) atoms. The molecule has 1 fully saturated rings. The number of carbonyl (C=O) groups is 2. The lowest BCUT2D eigenvalue weighted by molar-refractivity contribution is -0.155. The van der Waals surface area contributed by atoms with E-state index in [2.05, 4.69) is 15.9 Å². The van der Waals surface area contributed by atoms with Gasteiger partial charge in [-0.25, -0.2) is 0 Å². The highest BCUT2D eigenvalue weighted by molar-refractivity contribution is 9.10. The summed E-state index contributed by atoms with van der Waals surface area (Å²) in [5, 5.41) is 9.22. The lowest BCUT2D eigenvalue weighted by Crippen LogP contribution is -2.47. The van der Waals surface area contributed by atoms with E-state index in [0.717, 1.165) is 0 Å². The Morgan fingerprint density at radius 2 is 2.25 bits per heavy atom. The molecule has 4 nitrogen and oxygen atoms in total. The van der Waals surface area contributed by atoms with Crippen LogP contribution in [-0.2, 0) is 14.3 Å². The van der Waals surface area contributed by atoms with Gasteiger partial charge >= 0.3 is 11.9 Å². The van der Waals surface area contributed by atoms with Gasteiger partial charge in [0.25, 0.3) is 0 Å². The van der Waals surface area contributed by atoms with E-state index in [0.29, 0.717) is 6.42 Å². The molecule has 88 valence electrons. The highest BCUT2D eigenvalue weighted by Crippen LogP contribution is 2.55.